The molecule has 0 unspecified atom stereocenters. The minimum absolute atomic E-state index is 1.36. The van der Waals surface area contributed by atoms with Gasteiger partial charge in [-0.1, -0.05) is 0 Å². The molecule has 0 saturated carbocycles. The second kappa shape index (κ2) is 10.1. The van der Waals surface area contributed by atoms with E-state index in [2.05, 4.69) is 53.7 Å². The van der Waals surface area contributed by atoms with Crippen LogP contribution in [-0.2, 0) is 0 Å². The summed E-state index contributed by atoms with van der Waals surface area (Å²) in [6.07, 6.45) is 10.4. The van der Waals surface area contributed by atoms with Gasteiger partial charge in [-0.05, 0) is 0 Å². The standard InChI is InChI=1S/C5H9.2C4H9.C4H7.Sn/c1-4-5(2)3;3*1-3-4-2;/h4H,2H2,1,3H3;2*1,3-4H2,2H3;3H,1-2H3;/b5-4+;;;;. The third-order valence-electron chi connectivity index (χ3n) is 4.40. The van der Waals surface area contributed by atoms with E-state index < -0.39 is 18.4 Å². The second-order valence-electron chi connectivity index (χ2n) is 5.77. The molecule has 0 amide bonds. The molecular formula is C17H34Sn. The molecule has 0 heterocycles. The molecule has 0 N–H and O–H groups in total. The molecule has 0 saturated heterocycles. The van der Waals surface area contributed by atoms with Crippen LogP contribution in [0.5, 0.6) is 0 Å². The fourth-order valence-electron chi connectivity index (χ4n) is 2.81. The second-order valence-corrected chi connectivity index (χ2v) is 19.2. The van der Waals surface area contributed by atoms with Gasteiger partial charge in [-0.3, -0.25) is 0 Å². The third kappa shape index (κ3) is 5.95. The zero-order valence-corrected chi connectivity index (χ0v) is 16.5. The summed E-state index contributed by atoms with van der Waals surface area (Å²) >= 11 is -2.08. The van der Waals surface area contributed by atoms with Gasteiger partial charge >= 0.3 is 120 Å². The van der Waals surface area contributed by atoms with Crippen molar-refractivity contribution in [3.8, 4) is 0 Å². The Hall–Kier alpha value is 0.279. The van der Waals surface area contributed by atoms with Gasteiger partial charge < -0.3 is 0 Å². The molecule has 1 heteroatoms. The van der Waals surface area contributed by atoms with Gasteiger partial charge in [-0.25, -0.2) is 0 Å². The molecule has 0 nitrogen and oxygen atoms in total. The molecule has 106 valence electrons. The first kappa shape index (κ1) is 18.3. The molecule has 0 aromatic heterocycles. The molecule has 0 aromatic carbocycles. The van der Waals surface area contributed by atoms with E-state index in [1.807, 2.05) is 3.59 Å². The summed E-state index contributed by atoms with van der Waals surface area (Å²) in [5.41, 5.74) is 1.64. The predicted molar refractivity (Wildman–Crippen MR) is 88.9 cm³/mol. The average Bonchev–Trinajstić information content (AvgIpc) is 2.40. The maximum atomic E-state index is 2.43. The van der Waals surface area contributed by atoms with Crippen molar-refractivity contribution in [2.24, 2.45) is 0 Å². The summed E-state index contributed by atoms with van der Waals surface area (Å²) in [5.74, 6) is 0. The Morgan fingerprint density at radius 1 is 0.889 bits per heavy atom. The van der Waals surface area contributed by atoms with Crippen LogP contribution in [0.15, 0.2) is 21.3 Å². The summed E-state index contributed by atoms with van der Waals surface area (Å²) in [7, 11) is 0. The Kier molecular flexibility index (Phi) is 10.3. The number of allylic oxidation sites excluding steroid dienone is 4. The van der Waals surface area contributed by atoms with E-state index in [1.54, 1.807) is 14.4 Å². The van der Waals surface area contributed by atoms with E-state index >= 15 is 0 Å². The van der Waals surface area contributed by atoms with Crippen LogP contribution in [0.1, 0.15) is 67.2 Å². The molecule has 0 bridgehead atoms. The van der Waals surface area contributed by atoms with Crippen LogP contribution in [0.2, 0.25) is 13.3 Å². The van der Waals surface area contributed by atoms with Gasteiger partial charge in [0.05, 0.1) is 0 Å². The van der Waals surface area contributed by atoms with Crippen LogP contribution in [0.4, 0.5) is 0 Å². The molecule has 0 fully saturated rings. The van der Waals surface area contributed by atoms with E-state index in [0.29, 0.717) is 0 Å². The number of unbranched alkanes of at least 4 members (excludes halogenated alkanes) is 2. The average molecular weight is 357 g/mol. The summed E-state index contributed by atoms with van der Waals surface area (Å²) in [6.45, 7) is 13.9. The zero-order chi connectivity index (χ0) is 14.0. The Bertz CT molecular complexity index is 265. The fourth-order valence-corrected chi connectivity index (χ4v) is 18.8. The number of hydrogen-bond donors (Lipinski definition) is 0. The van der Waals surface area contributed by atoms with Crippen molar-refractivity contribution >= 4 is 18.4 Å². The molecule has 0 aliphatic heterocycles. The summed E-state index contributed by atoms with van der Waals surface area (Å²) < 4.78 is 6.40. The molecular weight excluding hydrogens is 323 g/mol. The molecule has 0 aromatic rings. The van der Waals surface area contributed by atoms with Crippen molar-refractivity contribution in [2.45, 2.75) is 80.5 Å². The van der Waals surface area contributed by atoms with E-state index in [9.17, 15) is 0 Å². The molecule has 0 spiro atoms. The zero-order valence-electron chi connectivity index (χ0n) is 13.6. The normalized spacial score (nSPS) is 14.1. The van der Waals surface area contributed by atoms with E-state index in [-0.39, 0.29) is 0 Å². The van der Waals surface area contributed by atoms with Crippen molar-refractivity contribution in [3.63, 3.8) is 0 Å². The molecule has 0 rings (SSSR count). The van der Waals surface area contributed by atoms with Gasteiger partial charge in [-0.2, -0.15) is 0 Å². The van der Waals surface area contributed by atoms with Crippen LogP contribution in [0, 0.1) is 0 Å². The fraction of sp³-hybridized carbons (Fsp3) is 0.765. The first-order valence-corrected chi connectivity index (χ1v) is 15.3. The summed E-state index contributed by atoms with van der Waals surface area (Å²) in [6, 6.07) is 0. The minimum atomic E-state index is -2.08. The molecule has 18 heavy (non-hydrogen) atoms. The van der Waals surface area contributed by atoms with Gasteiger partial charge in [-0.15, -0.1) is 0 Å². The van der Waals surface area contributed by atoms with E-state index in [1.165, 1.54) is 30.1 Å². The Morgan fingerprint density at radius 3 is 1.72 bits per heavy atom. The van der Waals surface area contributed by atoms with Crippen LogP contribution in [-0.4, -0.2) is 18.4 Å². The predicted octanol–water partition coefficient (Wildman–Crippen LogP) is 6.51. The van der Waals surface area contributed by atoms with Crippen LogP contribution in [0.25, 0.3) is 0 Å². The van der Waals surface area contributed by atoms with Crippen molar-refractivity contribution in [2.75, 3.05) is 0 Å². The Labute approximate surface area is 120 Å². The van der Waals surface area contributed by atoms with Gasteiger partial charge in [0.2, 0.25) is 0 Å². The van der Waals surface area contributed by atoms with Gasteiger partial charge in [0.25, 0.3) is 0 Å². The maximum absolute atomic E-state index is 2.43. The van der Waals surface area contributed by atoms with Crippen molar-refractivity contribution in [1.82, 2.24) is 0 Å². The quantitative estimate of drug-likeness (QED) is 0.326. The monoisotopic (exact) mass is 358 g/mol. The molecule has 0 atom stereocenters. The summed E-state index contributed by atoms with van der Waals surface area (Å²) in [4.78, 5) is 0. The number of hydrogen-bond acceptors (Lipinski definition) is 0. The van der Waals surface area contributed by atoms with E-state index in [0.717, 1.165) is 0 Å². The topological polar surface area (TPSA) is 0 Å². The van der Waals surface area contributed by atoms with Crippen LogP contribution < -0.4 is 0 Å². The van der Waals surface area contributed by atoms with Gasteiger partial charge in [0.1, 0.15) is 0 Å². The van der Waals surface area contributed by atoms with Crippen molar-refractivity contribution in [1.29, 1.82) is 0 Å². The summed E-state index contributed by atoms with van der Waals surface area (Å²) in [5, 5.41) is 0. The van der Waals surface area contributed by atoms with Gasteiger partial charge in [0.15, 0.2) is 0 Å². The van der Waals surface area contributed by atoms with E-state index in [4.69, 9.17) is 0 Å². The van der Waals surface area contributed by atoms with Crippen LogP contribution in [0.3, 0.4) is 0 Å². The molecule has 0 aliphatic carbocycles. The molecule has 0 aliphatic rings. The van der Waals surface area contributed by atoms with Crippen molar-refractivity contribution < 1.29 is 0 Å². The van der Waals surface area contributed by atoms with Crippen molar-refractivity contribution in [3.05, 3.63) is 21.3 Å². The first-order chi connectivity index (χ1) is 8.56. The first-order valence-electron chi connectivity index (χ1n) is 7.81. The van der Waals surface area contributed by atoms with Crippen LogP contribution >= 0.6 is 0 Å². The molecule has 0 radical (unpaired) electrons. The number of rotatable bonds is 9. The Balaban J connectivity index is 5.10. The SMILES string of the molecule is C/C=C(/C)[CH2][Sn]([CH2]CCC)([CH2]CCC)/[C](C)=C\C. The van der Waals surface area contributed by atoms with Gasteiger partial charge in [0, 0.05) is 0 Å². The Morgan fingerprint density at radius 2 is 1.39 bits per heavy atom. The third-order valence-corrected chi connectivity index (χ3v) is 21.0.